The third kappa shape index (κ3) is 3.54. The maximum absolute atomic E-state index is 10.8. The van der Waals surface area contributed by atoms with Gasteiger partial charge in [0.25, 0.3) is 0 Å². The van der Waals surface area contributed by atoms with E-state index in [-0.39, 0.29) is 18.6 Å². The fraction of sp³-hybridized carbons (Fsp3) is 0.562. The first-order chi connectivity index (χ1) is 10.1. The molecule has 2 unspecified atom stereocenters. The van der Waals surface area contributed by atoms with Crippen LogP contribution in [0.25, 0.3) is 0 Å². The van der Waals surface area contributed by atoms with Gasteiger partial charge >= 0.3 is 5.97 Å². The Morgan fingerprint density at radius 1 is 1.43 bits per heavy atom. The van der Waals surface area contributed by atoms with Crippen LogP contribution >= 0.6 is 0 Å². The van der Waals surface area contributed by atoms with E-state index in [1.54, 1.807) is 0 Å². The summed E-state index contributed by atoms with van der Waals surface area (Å²) in [6.45, 7) is 5.02. The standard InChI is InChI=1S/C16H21NO4/c1-11-2-3-15-12(6-11)7-14(21-15)10-17-4-5-20-13(9-17)8-16(18)19/h2-3,6,13-14H,4-5,7-10H2,1H3,(H,18,19). The molecule has 114 valence electrons. The lowest BCUT2D eigenvalue weighted by Crippen LogP contribution is -2.46. The number of hydrogen-bond donors (Lipinski definition) is 1. The van der Waals surface area contributed by atoms with Crippen molar-refractivity contribution in [2.75, 3.05) is 26.2 Å². The van der Waals surface area contributed by atoms with E-state index < -0.39 is 5.97 Å². The minimum absolute atomic E-state index is 0.0709. The molecule has 1 N–H and O–H groups in total. The molecular weight excluding hydrogens is 270 g/mol. The number of carbonyl (C=O) groups is 1. The predicted molar refractivity (Wildman–Crippen MR) is 77.7 cm³/mol. The molecule has 1 saturated heterocycles. The van der Waals surface area contributed by atoms with Crippen LogP contribution in [0.15, 0.2) is 18.2 Å². The molecule has 2 atom stereocenters. The van der Waals surface area contributed by atoms with Gasteiger partial charge in [-0.05, 0) is 18.6 Å². The fourth-order valence-corrected chi connectivity index (χ4v) is 3.10. The molecule has 2 aliphatic rings. The predicted octanol–water partition coefficient (Wildman–Crippen LogP) is 1.47. The van der Waals surface area contributed by atoms with Gasteiger partial charge in [0.15, 0.2) is 0 Å². The number of fused-ring (bicyclic) bond motifs is 1. The molecule has 1 aromatic carbocycles. The van der Waals surface area contributed by atoms with Crippen molar-refractivity contribution >= 4 is 5.97 Å². The SMILES string of the molecule is Cc1ccc2c(c1)CC(CN1CCOC(CC(=O)O)C1)O2. The number of hydrogen-bond acceptors (Lipinski definition) is 4. The highest BCUT2D eigenvalue weighted by Crippen LogP contribution is 2.30. The molecule has 0 radical (unpaired) electrons. The summed E-state index contributed by atoms with van der Waals surface area (Å²) in [7, 11) is 0. The number of carboxylic acid groups (broad SMARTS) is 1. The highest BCUT2D eigenvalue weighted by Gasteiger charge is 2.28. The monoisotopic (exact) mass is 291 g/mol. The zero-order chi connectivity index (χ0) is 14.8. The molecule has 5 heteroatoms. The van der Waals surface area contributed by atoms with Crippen molar-refractivity contribution in [3.8, 4) is 5.75 Å². The van der Waals surface area contributed by atoms with Crippen molar-refractivity contribution in [1.82, 2.24) is 4.90 Å². The smallest absolute Gasteiger partial charge is 0.306 e. The van der Waals surface area contributed by atoms with Crippen LogP contribution in [0.2, 0.25) is 0 Å². The minimum Gasteiger partial charge on any atom is -0.488 e. The van der Waals surface area contributed by atoms with Crippen LogP contribution in [0.3, 0.4) is 0 Å². The van der Waals surface area contributed by atoms with Gasteiger partial charge in [0.1, 0.15) is 11.9 Å². The van der Waals surface area contributed by atoms with Crippen LogP contribution in [-0.2, 0) is 16.0 Å². The Morgan fingerprint density at radius 2 is 2.29 bits per heavy atom. The first-order valence-electron chi connectivity index (χ1n) is 7.42. The Labute approximate surface area is 124 Å². The second-order valence-electron chi connectivity index (χ2n) is 5.91. The van der Waals surface area contributed by atoms with Gasteiger partial charge in [-0.2, -0.15) is 0 Å². The van der Waals surface area contributed by atoms with E-state index in [0.717, 1.165) is 25.3 Å². The van der Waals surface area contributed by atoms with Gasteiger partial charge in [0.2, 0.25) is 0 Å². The van der Waals surface area contributed by atoms with Gasteiger partial charge in [-0.3, -0.25) is 9.69 Å². The zero-order valence-corrected chi connectivity index (χ0v) is 12.2. The van der Waals surface area contributed by atoms with Gasteiger partial charge in [-0.15, -0.1) is 0 Å². The Morgan fingerprint density at radius 3 is 3.10 bits per heavy atom. The molecule has 2 heterocycles. The Kier molecular flexibility index (Phi) is 4.12. The summed E-state index contributed by atoms with van der Waals surface area (Å²) in [5.41, 5.74) is 2.53. The lowest BCUT2D eigenvalue weighted by Gasteiger charge is -2.33. The minimum atomic E-state index is -0.804. The molecule has 0 aliphatic carbocycles. The molecule has 1 fully saturated rings. The highest BCUT2D eigenvalue weighted by molar-refractivity contribution is 5.67. The third-order valence-corrected chi connectivity index (χ3v) is 4.04. The van der Waals surface area contributed by atoms with Crippen molar-refractivity contribution in [3.05, 3.63) is 29.3 Å². The number of ether oxygens (including phenoxy) is 2. The normalized spacial score (nSPS) is 25.4. The second kappa shape index (κ2) is 6.03. The average molecular weight is 291 g/mol. The maximum Gasteiger partial charge on any atom is 0.306 e. The molecule has 0 aromatic heterocycles. The van der Waals surface area contributed by atoms with Crippen LogP contribution in [-0.4, -0.2) is 54.4 Å². The number of carboxylic acids is 1. The van der Waals surface area contributed by atoms with Gasteiger partial charge in [0, 0.05) is 26.1 Å². The van der Waals surface area contributed by atoms with Gasteiger partial charge in [0.05, 0.1) is 19.1 Å². The van der Waals surface area contributed by atoms with Gasteiger partial charge in [-0.1, -0.05) is 17.7 Å². The summed E-state index contributed by atoms with van der Waals surface area (Å²) in [5, 5.41) is 8.86. The summed E-state index contributed by atoms with van der Waals surface area (Å²) in [5.74, 6) is 0.183. The Balaban J connectivity index is 1.55. The molecule has 0 bridgehead atoms. The maximum atomic E-state index is 10.8. The quantitative estimate of drug-likeness (QED) is 0.910. The number of benzene rings is 1. The molecule has 0 amide bonds. The molecule has 2 aliphatic heterocycles. The van der Waals surface area contributed by atoms with Gasteiger partial charge in [-0.25, -0.2) is 0 Å². The summed E-state index contributed by atoms with van der Waals surface area (Å²) in [6, 6.07) is 6.29. The van der Waals surface area contributed by atoms with Crippen LogP contribution in [0, 0.1) is 6.92 Å². The fourth-order valence-electron chi connectivity index (χ4n) is 3.10. The second-order valence-corrected chi connectivity index (χ2v) is 5.91. The summed E-state index contributed by atoms with van der Waals surface area (Å²) >= 11 is 0. The number of nitrogens with zero attached hydrogens (tertiary/aromatic N) is 1. The lowest BCUT2D eigenvalue weighted by atomic mass is 10.1. The Hall–Kier alpha value is -1.59. The van der Waals surface area contributed by atoms with E-state index in [9.17, 15) is 4.79 Å². The number of aliphatic carboxylic acids is 1. The van der Waals surface area contributed by atoms with Crippen molar-refractivity contribution in [2.24, 2.45) is 0 Å². The third-order valence-electron chi connectivity index (χ3n) is 4.04. The molecular formula is C16H21NO4. The van der Waals surface area contributed by atoms with Crippen molar-refractivity contribution in [2.45, 2.75) is 32.0 Å². The lowest BCUT2D eigenvalue weighted by molar-refractivity contribution is -0.142. The largest absolute Gasteiger partial charge is 0.488 e. The first kappa shape index (κ1) is 14.4. The molecule has 0 spiro atoms. The van der Waals surface area contributed by atoms with E-state index in [4.69, 9.17) is 14.6 Å². The van der Waals surface area contributed by atoms with Gasteiger partial charge < -0.3 is 14.6 Å². The molecule has 5 nitrogen and oxygen atoms in total. The molecule has 3 rings (SSSR count). The highest BCUT2D eigenvalue weighted by atomic mass is 16.5. The Bertz CT molecular complexity index is 531. The van der Waals surface area contributed by atoms with E-state index in [1.165, 1.54) is 11.1 Å². The first-order valence-corrected chi connectivity index (χ1v) is 7.42. The summed E-state index contributed by atoms with van der Waals surface area (Å²) in [6.07, 6.45) is 0.951. The number of aryl methyl sites for hydroxylation is 1. The van der Waals surface area contributed by atoms with Crippen molar-refractivity contribution in [1.29, 1.82) is 0 Å². The van der Waals surface area contributed by atoms with E-state index >= 15 is 0 Å². The van der Waals surface area contributed by atoms with Crippen LogP contribution in [0.4, 0.5) is 0 Å². The summed E-state index contributed by atoms with van der Waals surface area (Å²) in [4.78, 5) is 13.0. The van der Waals surface area contributed by atoms with Crippen LogP contribution in [0.5, 0.6) is 5.75 Å². The van der Waals surface area contributed by atoms with Crippen molar-refractivity contribution < 1.29 is 19.4 Å². The summed E-state index contributed by atoms with van der Waals surface area (Å²) < 4.78 is 11.5. The molecule has 1 aromatic rings. The van der Waals surface area contributed by atoms with Crippen LogP contribution < -0.4 is 4.74 Å². The number of rotatable bonds is 4. The average Bonchev–Trinajstić information content (AvgIpc) is 2.79. The van der Waals surface area contributed by atoms with E-state index in [1.807, 2.05) is 6.07 Å². The van der Waals surface area contributed by atoms with E-state index in [2.05, 4.69) is 24.0 Å². The zero-order valence-electron chi connectivity index (χ0n) is 12.2. The number of morpholine rings is 1. The molecule has 21 heavy (non-hydrogen) atoms. The topological polar surface area (TPSA) is 59.0 Å². The van der Waals surface area contributed by atoms with E-state index in [0.29, 0.717) is 13.2 Å². The van der Waals surface area contributed by atoms with Crippen LogP contribution in [0.1, 0.15) is 17.5 Å². The molecule has 0 saturated carbocycles. The van der Waals surface area contributed by atoms with Crippen molar-refractivity contribution in [3.63, 3.8) is 0 Å².